The van der Waals surface area contributed by atoms with Crippen molar-refractivity contribution in [2.45, 2.75) is 18.9 Å². The van der Waals surface area contributed by atoms with E-state index in [0.717, 1.165) is 37.1 Å². The largest absolute Gasteiger partial charge is 0.336 e. The van der Waals surface area contributed by atoms with Gasteiger partial charge in [-0.05, 0) is 30.4 Å². The molecule has 2 aliphatic heterocycles. The number of carbonyl (C=O) groups excluding carboxylic acids is 1. The van der Waals surface area contributed by atoms with Crippen LogP contribution in [0.15, 0.2) is 35.1 Å². The van der Waals surface area contributed by atoms with E-state index in [1.807, 2.05) is 40.9 Å². The molecule has 138 valence electrons. The summed E-state index contributed by atoms with van der Waals surface area (Å²) in [4.78, 5) is 29.9. The summed E-state index contributed by atoms with van der Waals surface area (Å²) in [6.07, 6.45) is 2.52. The lowest BCUT2D eigenvalue weighted by Gasteiger charge is -2.40. The van der Waals surface area contributed by atoms with Gasteiger partial charge in [0.15, 0.2) is 0 Å². The van der Waals surface area contributed by atoms with Crippen molar-refractivity contribution in [3.8, 4) is 0 Å². The predicted octanol–water partition coefficient (Wildman–Crippen LogP) is 2.19. The van der Waals surface area contributed by atoms with Crippen molar-refractivity contribution < 1.29 is 4.79 Å². The van der Waals surface area contributed by atoms with E-state index in [-0.39, 0.29) is 11.5 Å². The highest BCUT2D eigenvalue weighted by atomic mass is 32.2. The van der Waals surface area contributed by atoms with E-state index in [1.165, 1.54) is 30.4 Å². The van der Waals surface area contributed by atoms with Crippen LogP contribution in [0.3, 0.4) is 0 Å². The first-order valence-corrected chi connectivity index (χ1v) is 10.5. The van der Waals surface area contributed by atoms with Crippen molar-refractivity contribution in [2.24, 2.45) is 7.05 Å². The Morgan fingerprint density at radius 1 is 1.08 bits per heavy atom. The molecule has 1 aromatic carbocycles. The average Bonchev–Trinajstić information content (AvgIpc) is 2.71. The van der Waals surface area contributed by atoms with Gasteiger partial charge in [-0.25, -0.2) is 0 Å². The molecule has 0 atom stereocenters. The molecule has 5 nitrogen and oxygen atoms in total. The molecule has 0 bridgehead atoms. The monoisotopic (exact) mass is 371 g/mol. The fraction of sp³-hybridized carbons (Fsp3) is 0.500. The number of piperazine rings is 1. The highest BCUT2D eigenvalue weighted by Gasteiger charge is 2.28. The van der Waals surface area contributed by atoms with Crippen molar-refractivity contribution in [1.29, 1.82) is 0 Å². The van der Waals surface area contributed by atoms with Gasteiger partial charge >= 0.3 is 0 Å². The van der Waals surface area contributed by atoms with E-state index in [1.54, 1.807) is 11.6 Å². The molecule has 2 fully saturated rings. The molecule has 1 amide bonds. The van der Waals surface area contributed by atoms with Crippen molar-refractivity contribution in [3.05, 3.63) is 46.2 Å². The lowest BCUT2D eigenvalue weighted by molar-refractivity contribution is 0.0561. The molecule has 2 aromatic rings. The minimum absolute atomic E-state index is 0.0160. The zero-order valence-corrected chi connectivity index (χ0v) is 16.0. The Bertz CT molecular complexity index is 865. The Morgan fingerprint density at radius 3 is 2.50 bits per heavy atom. The first kappa shape index (κ1) is 17.6. The number of fused-ring (bicyclic) bond motifs is 1. The third-order valence-electron chi connectivity index (χ3n) is 5.69. The van der Waals surface area contributed by atoms with Crippen LogP contribution in [-0.4, -0.2) is 64.0 Å². The normalized spacial score (nSPS) is 19.8. The molecule has 26 heavy (non-hydrogen) atoms. The number of pyridine rings is 1. The van der Waals surface area contributed by atoms with Crippen LogP contribution in [0.5, 0.6) is 0 Å². The standard InChI is InChI=1S/C20H25N3O2S/c1-21-18-5-3-2-4-16(18)17(14-19(21)24)20(25)23-10-8-22(9-11-23)15-6-12-26-13-7-15/h2-5,14-15H,6-13H2,1H3. The molecule has 2 aliphatic rings. The van der Waals surface area contributed by atoms with Crippen LogP contribution in [0.2, 0.25) is 0 Å². The number of amides is 1. The molecule has 0 saturated carbocycles. The topological polar surface area (TPSA) is 45.6 Å². The number of hydrogen-bond acceptors (Lipinski definition) is 4. The number of nitrogens with zero attached hydrogens (tertiary/aromatic N) is 3. The van der Waals surface area contributed by atoms with Crippen LogP contribution in [-0.2, 0) is 7.05 Å². The summed E-state index contributed by atoms with van der Waals surface area (Å²) in [6.45, 7) is 3.35. The van der Waals surface area contributed by atoms with Gasteiger partial charge in [-0.1, -0.05) is 18.2 Å². The zero-order valence-electron chi connectivity index (χ0n) is 15.2. The number of aromatic nitrogens is 1. The lowest BCUT2D eigenvalue weighted by Crippen LogP contribution is -2.52. The van der Waals surface area contributed by atoms with Crippen molar-refractivity contribution in [3.63, 3.8) is 0 Å². The number of aryl methyl sites for hydroxylation is 1. The zero-order chi connectivity index (χ0) is 18.1. The molecular weight excluding hydrogens is 346 g/mol. The highest BCUT2D eigenvalue weighted by molar-refractivity contribution is 7.99. The molecule has 6 heteroatoms. The number of carbonyl (C=O) groups is 1. The highest BCUT2D eigenvalue weighted by Crippen LogP contribution is 2.24. The maximum Gasteiger partial charge on any atom is 0.254 e. The van der Waals surface area contributed by atoms with Crippen molar-refractivity contribution in [1.82, 2.24) is 14.4 Å². The minimum Gasteiger partial charge on any atom is -0.336 e. The second-order valence-electron chi connectivity index (χ2n) is 7.14. The lowest BCUT2D eigenvalue weighted by atomic mass is 10.1. The average molecular weight is 372 g/mol. The van der Waals surface area contributed by atoms with Crippen LogP contribution < -0.4 is 5.56 Å². The fourth-order valence-corrected chi connectivity index (χ4v) is 5.18. The second kappa shape index (κ2) is 7.45. The smallest absolute Gasteiger partial charge is 0.254 e. The molecule has 4 rings (SSSR count). The molecule has 0 N–H and O–H groups in total. The molecule has 1 aromatic heterocycles. The van der Waals surface area contributed by atoms with Gasteiger partial charge in [-0.15, -0.1) is 0 Å². The van der Waals surface area contributed by atoms with E-state index in [9.17, 15) is 9.59 Å². The third kappa shape index (κ3) is 3.28. The Kier molecular flexibility index (Phi) is 5.05. The van der Waals surface area contributed by atoms with Gasteiger partial charge in [-0.2, -0.15) is 11.8 Å². The molecule has 3 heterocycles. The summed E-state index contributed by atoms with van der Waals surface area (Å²) >= 11 is 2.05. The molecule has 0 radical (unpaired) electrons. The molecule has 0 aliphatic carbocycles. The Labute approximate surface area is 158 Å². The quantitative estimate of drug-likeness (QED) is 0.812. The summed E-state index contributed by atoms with van der Waals surface area (Å²) in [5, 5.41) is 0.853. The number of rotatable bonds is 2. The summed E-state index contributed by atoms with van der Waals surface area (Å²) in [6, 6.07) is 9.82. The number of benzene rings is 1. The second-order valence-corrected chi connectivity index (χ2v) is 8.37. The molecule has 2 saturated heterocycles. The van der Waals surface area contributed by atoms with Gasteiger partial charge in [0.2, 0.25) is 0 Å². The van der Waals surface area contributed by atoms with Crippen LogP contribution in [0.1, 0.15) is 23.2 Å². The summed E-state index contributed by atoms with van der Waals surface area (Å²) in [5.41, 5.74) is 1.21. The van der Waals surface area contributed by atoms with Gasteiger partial charge in [0, 0.05) is 50.7 Å². The summed E-state index contributed by atoms with van der Waals surface area (Å²) in [7, 11) is 1.75. The summed E-state index contributed by atoms with van der Waals surface area (Å²) in [5.74, 6) is 2.49. The molecule has 0 unspecified atom stereocenters. The van der Waals surface area contributed by atoms with Crippen LogP contribution >= 0.6 is 11.8 Å². The van der Waals surface area contributed by atoms with E-state index >= 15 is 0 Å². The first-order valence-electron chi connectivity index (χ1n) is 9.35. The Balaban J connectivity index is 1.53. The predicted molar refractivity (Wildman–Crippen MR) is 107 cm³/mol. The third-order valence-corrected chi connectivity index (χ3v) is 6.74. The van der Waals surface area contributed by atoms with E-state index in [4.69, 9.17) is 0 Å². The van der Waals surface area contributed by atoms with Gasteiger partial charge in [-0.3, -0.25) is 14.5 Å². The van der Waals surface area contributed by atoms with Gasteiger partial charge < -0.3 is 9.47 Å². The van der Waals surface area contributed by atoms with Gasteiger partial charge in [0.25, 0.3) is 11.5 Å². The van der Waals surface area contributed by atoms with E-state index in [0.29, 0.717) is 11.6 Å². The number of thioether (sulfide) groups is 1. The first-order chi connectivity index (χ1) is 12.6. The fourth-order valence-electron chi connectivity index (χ4n) is 4.10. The van der Waals surface area contributed by atoms with E-state index < -0.39 is 0 Å². The van der Waals surface area contributed by atoms with Gasteiger partial charge in [0.1, 0.15) is 0 Å². The Morgan fingerprint density at radius 2 is 1.77 bits per heavy atom. The SMILES string of the molecule is Cn1c(=O)cc(C(=O)N2CCN(C3CCSCC3)CC2)c2ccccc21. The van der Waals surface area contributed by atoms with Crippen molar-refractivity contribution in [2.75, 3.05) is 37.7 Å². The number of hydrogen-bond donors (Lipinski definition) is 0. The van der Waals surface area contributed by atoms with Crippen LogP contribution in [0.25, 0.3) is 10.9 Å². The molecule has 0 spiro atoms. The van der Waals surface area contributed by atoms with Crippen molar-refractivity contribution >= 4 is 28.6 Å². The van der Waals surface area contributed by atoms with Crippen LogP contribution in [0, 0.1) is 0 Å². The minimum atomic E-state index is -0.134. The van der Waals surface area contributed by atoms with Crippen LogP contribution in [0.4, 0.5) is 0 Å². The van der Waals surface area contributed by atoms with E-state index in [2.05, 4.69) is 4.90 Å². The molecular formula is C20H25N3O2S. The maximum atomic E-state index is 13.1. The summed E-state index contributed by atoms with van der Waals surface area (Å²) < 4.78 is 1.60. The maximum absolute atomic E-state index is 13.1. The van der Waals surface area contributed by atoms with Gasteiger partial charge in [0.05, 0.1) is 11.1 Å². The number of para-hydroxylation sites is 1. The Hall–Kier alpha value is -1.79.